The van der Waals surface area contributed by atoms with Gasteiger partial charge in [-0.15, -0.1) is 0 Å². The SMILES string of the molecule is CCc1ccccc1Oc1ccc(C(C)NC)cn1. The highest BCUT2D eigenvalue weighted by Gasteiger charge is 2.06. The summed E-state index contributed by atoms with van der Waals surface area (Å²) in [5, 5.41) is 3.19. The van der Waals surface area contributed by atoms with Crippen LogP contribution >= 0.6 is 0 Å². The number of rotatable bonds is 5. The van der Waals surface area contributed by atoms with Gasteiger partial charge in [0.05, 0.1) is 0 Å². The predicted octanol–water partition coefficient (Wildman–Crippen LogP) is 3.72. The molecule has 1 aromatic heterocycles. The molecule has 0 aliphatic carbocycles. The Balaban J connectivity index is 2.15. The molecule has 0 aliphatic rings. The highest BCUT2D eigenvalue weighted by atomic mass is 16.5. The van der Waals surface area contributed by atoms with Gasteiger partial charge in [-0.1, -0.05) is 31.2 Å². The molecule has 1 N–H and O–H groups in total. The zero-order valence-corrected chi connectivity index (χ0v) is 11.7. The van der Waals surface area contributed by atoms with Crippen LogP contribution in [0.2, 0.25) is 0 Å². The Kier molecular flexibility index (Phi) is 4.53. The van der Waals surface area contributed by atoms with Crippen LogP contribution in [0.15, 0.2) is 42.6 Å². The largest absolute Gasteiger partial charge is 0.439 e. The van der Waals surface area contributed by atoms with Crippen LogP contribution in [0.5, 0.6) is 11.6 Å². The van der Waals surface area contributed by atoms with E-state index in [1.165, 1.54) is 5.56 Å². The summed E-state index contributed by atoms with van der Waals surface area (Å²) >= 11 is 0. The smallest absolute Gasteiger partial charge is 0.219 e. The number of nitrogens with zero attached hydrogens (tertiary/aromatic N) is 1. The molecule has 1 aromatic carbocycles. The number of hydrogen-bond donors (Lipinski definition) is 1. The summed E-state index contributed by atoms with van der Waals surface area (Å²) in [7, 11) is 1.94. The lowest BCUT2D eigenvalue weighted by atomic mass is 10.1. The Bertz CT molecular complexity index is 523. The Morgan fingerprint density at radius 3 is 2.63 bits per heavy atom. The molecule has 100 valence electrons. The van der Waals surface area contributed by atoms with E-state index in [1.807, 2.05) is 43.6 Å². The van der Waals surface area contributed by atoms with Gasteiger partial charge >= 0.3 is 0 Å². The average Bonchev–Trinajstić information content (AvgIpc) is 2.48. The molecular weight excluding hydrogens is 236 g/mol. The third-order valence-electron chi connectivity index (χ3n) is 3.26. The Morgan fingerprint density at radius 2 is 2.00 bits per heavy atom. The summed E-state index contributed by atoms with van der Waals surface area (Å²) in [6, 6.07) is 12.3. The third-order valence-corrected chi connectivity index (χ3v) is 3.26. The number of aromatic nitrogens is 1. The lowest BCUT2D eigenvalue weighted by Gasteiger charge is -2.12. The lowest BCUT2D eigenvalue weighted by molar-refractivity contribution is 0.456. The molecule has 0 spiro atoms. The van der Waals surface area contributed by atoms with Crippen molar-refractivity contribution in [2.45, 2.75) is 26.3 Å². The first-order chi connectivity index (χ1) is 9.24. The van der Waals surface area contributed by atoms with Gasteiger partial charge in [0.25, 0.3) is 0 Å². The summed E-state index contributed by atoms with van der Waals surface area (Å²) in [5.74, 6) is 1.51. The molecule has 3 heteroatoms. The summed E-state index contributed by atoms with van der Waals surface area (Å²) in [4.78, 5) is 4.36. The number of hydrogen-bond acceptors (Lipinski definition) is 3. The van der Waals surface area contributed by atoms with Gasteiger partial charge in [0, 0.05) is 18.3 Å². The van der Waals surface area contributed by atoms with Gasteiger partial charge in [0.1, 0.15) is 5.75 Å². The van der Waals surface area contributed by atoms with Gasteiger partial charge in [0.15, 0.2) is 0 Å². The molecule has 0 bridgehead atoms. The number of ether oxygens (including phenoxy) is 1. The van der Waals surface area contributed by atoms with Gasteiger partial charge in [-0.25, -0.2) is 4.98 Å². The minimum absolute atomic E-state index is 0.296. The second-order valence-electron chi connectivity index (χ2n) is 4.50. The van der Waals surface area contributed by atoms with Crippen molar-refractivity contribution in [3.05, 3.63) is 53.7 Å². The predicted molar refractivity (Wildman–Crippen MR) is 77.6 cm³/mol. The zero-order chi connectivity index (χ0) is 13.7. The van der Waals surface area contributed by atoms with Crippen molar-refractivity contribution in [2.75, 3.05) is 7.05 Å². The molecule has 1 atom stereocenters. The van der Waals surface area contributed by atoms with E-state index in [2.05, 4.69) is 30.2 Å². The molecule has 19 heavy (non-hydrogen) atoms. The van der Waals surface area contributed by atoms with Crippen LogP contribution in [0.25, 0.3) is 0 Å². The first-order valence-electron chi connectivity index (χ1n) is 6.63. The molecule has 0 saturated carbocycles. The van der Waals surface area contributed by atoms with E-state index in [9.17, 15) is 0 Å². The maximum atomic E-state index is 5.84. The van der Waals surface area contributed by atoms with Crippen LogP contribution in [0.1, 0.15) is 31.0 Å². The van der Waals surface area contributed by atoms with E-state index in [0.29, 0.717) is 11.9 Å². The molecule has 3 nitrogen and oxygen atoms in total. The fourth-order valence-electron chi connectivity index (χ4n) is 1.88. The molecule has 0 fully saturated rings. The van der Waals surface area contributed by atoms with E-state index in [4.69, 9.17) is 4.74 Å². The van der Waals surface area contributed by atoms with Crippen LogP contribution in [0, 0.1) is 0 Å². The molecule has 0 saturated heterocycles. The lowest BCUT2D eigenvalue weighted by Crippen LogP contribution is -2.12. The standard InChI is InChI=1S/C16H20N2O/c1-4-13-7-5-6-8-15(13)19-16-10-9-14(11-18-16)12(2)17-3/h5-12,17H,4H2,1-3H3. The first-order valence-corrected chi connectivity index (χ1v) is 6.63. The van der Waals surface area contributed by atoms with Crippen LogP contribution in [-0.4, -0.2) is 12.0 Å². The molecule has 0 aliphatic heterocycles. The summed E-state index contributed by atoms with van der Waals surface area (Å²) in [6.07, 6.45) is 2.80. The highest BCUT2D eigenvalue weighted by Crippen LogP contribution is 2.24. The number of para-hydroxylation sites is 1. The van der Waals surface area contributed by atoms with Gasteiger partial charge in [-0.3, -0.25) is 0 Å². The second kappa shape index (κ2) is 6.34. The summed E-state index contributed by atoms with van der Waals surface area (Å²) in [5.41, 5.74) is 2.34. The van der Waals surface area contributed by atoms with Gasteiger partial charge in [-0.2, -0.15) is 0 Å². The first kappa shape index (κ1) is 13.6. The van der Waals surface area contributed by atoms with Crippen LogP contribution in [0.3, 0.4) is 0 Å². The normalized spacial score (nSPS) is 12.2. The molecule has 2 aromatic rings. The number of benzene rings is 1. The van der Waals surface area contributed by atoms with E-state index in [1.54, 1.807) is 0 Å². The van der Waals surface area contributed by atoms with Crippen LogP contribution in [0.4, 0.5) is 0 Å². The van der Waals surface area contributed by atoms with E-state index < -0.39 is 0 Å². The molecule has 2 rings (SSSR count). The Hall–Kier alpha value is -1.87. The number of pyridine rings is 1. The van der Waals surface area contributed by atoms with E-state index in [-0.39, 0.29) is 0 Å². The molecule has 0 radical (unpaired) electrons. The quantitative estimate of drug-likeness (QED) is 0.885. The monoisotopic (exact) mass is 256 g/mol. The van der Waals surface area contributed by atoms with Crippen molar-refractivity contribution in [2.24, 2.45) is 0 Å². The van der Waals surface area contributed by atoms with E-state index in [0.717, 1.165) is 17.7 Å². The number of aryl methyl sites for hydroxylation is 1. The van der Waals surface area contributed by atoms with Crippen molar-refractivity contribution in [3.63, 3.8) is 0 Å². The fourth-order valence-corrected chi connectivity index (χ4v) is 1.88. The van der Waals surface area contributed by atoms with Gasteiger partial charge in [0.2, 0.25) is 5.88 Å². The maximum Gasteiger partial charge on any atom is 0.219 e. The molecule has 0 amide bonds. The minimum atomic E-state index is 0.296. The van der Waals surface area contributed by atoms with Crippen molar-refractivity contribution < 1.29 is 4.74 Å². The van der Waals surface area contributed by atoms with Gasteiger partial charge in [-0.05, 0) is 37.6 Å². The zero-order valence-electron chi connectivity index (χ0n) is 11.7. The Morgan fingerprint density at radius 1 is 1.21 bits per heavy atom. The third kappa shape index (κ3) is 3.32. The van der Waals surface area contributed by atoms with Crippen molar-refractivity contribution >= 4 is 0 Å². The van der Waals surface area contributed by atoms with Crippen molar-refractivity contribution in [1.29, 1.82) is 0 Å². The maximum absolute atomic E-state index is 5.84. The highest BCUT2D eigenvalue weighted by molar-refractivity contribution is 5.36. The topological polar surface area (TPSA) is 34.1 Å². The molecular formula is C16H20N2O. The van der Waals surface area contributed by atoms with Crippen molar-refractivity contribution in [1.82, 2.24) is 10.3 Å². The second-order valence-corrected chi connectivity index (χ2v) is 4.50. The van der Waals surface area contributed by atoms with Crippen molar-refractivity contribution in [3.8, 4) is 11.6 Å². The summed E-state index contributed by atoms with van der Waals surface area (Å²) < 4.78 is 5.84. The molecule has 1 heterocycles. The van der Waals surface area contributed by atoms with Gasteiger partial charge < -0.3 is 10.1 Å². The molecule has 1 unspecified atom stereocenters. The van der Waals surface area contributed by atoms with Crippen LogP contribution < -0.4 is 10.1 Å². The van der Waals surface area contributed by atoms with E-state index >= 15 is 0 Å². The number of nitrogens with one attached hydrogen (secondary N) is 1. The Labute approximate surface area is 114 Å². The van der Waals surface area contributed by atoms with Crippen LogP contribution in [-0.2, 0) is 6.42 Å². The average molecular weight is 256 g/mol. The fraction of sp³-hybridized carbons (Fsp3) is 0.312. The minimum Gasteiger partial charge on any atom is -0.439 e. The summed E-state index contributed by atoms with van der Waals surface area (Å²) in [6.45, 7) is 4.22.